The number of halogens is 3. The third-order valence-corrected chi connectivity index (χ3v) is 3.63. The molecule has 1 aliphatic heterocycles. The molecule has 0 saturated carbocycles. The first-order chi connectivity index (χ1) is 9.86. The van der Waals surface area contributed by atoms with Crippen LogP contribution in [0.25, 0.3) is 11.0 Å². The van der Waals surface area contributed by atoms with E-state index >= 15 is 0 Å². The van der Waals surface area contributed by atoms with E-state index in [-0.39, 0.29) is 31.7 Å². The Morgan fingerprint density at radius 2 is 1.95 bits per heavy atom. The first-order valence-corrected chi connectivity index (χ1v) is 6.45. The molecule has 0 unspecified atom stereocenters. The molecule has 1 amide bonds. The molecule has 0 spiro atoms. The smallest absolute Gasteiger partial charge is 0.471 e. The number of hydrogen-bond acceptors (Lipinski definition) is 3. The molecule has 21 heavy (non-hydrogen) atoms. The Labute approximate surface area is 117 Å². The van der Waals surface area contributed by atoms with Crippen molar-refractivity contribution in [3.05, 3.63) is 29.5 Å². The maximum atomic E-state index is 12.5. The monoisotopic (exact) mass is 299 g/mol. The molecular formula is C14H12F3NO3. The number of nitrogens with zero attached hydrogens (tertiary/aromatic N) is 1. The van der Waals surface area contributed by atoms with Gasteiger partial charge in [-0.05, 0) is 24.6 Å². The van der Waals surface area contributed by atoms with Crippen LogP contribution < -0.4 is 0 Å². The number of amides is 1. The Morgan fingerprint density at radius 1 is 1.24 bits per heavy atom. The normalized spacial score (nSPS) is 15.9. The summed E-state index contributed by atoms with van der Waals surface area (Å²) in [4.78, 5) is 12.1. The van der Waals surface area contributed by atoms with Gasteiger partial charge in [0.05, 0.1) is 0 Å². The highest BCUT2D eigenvalue weighted by Crippen LogP contribution is 2.32. The van der Waals surface area contributed by atoms with E-state index in [1.54, 1.807) is 6.07 Å². The predicted octanol–water partition coefficient (Wildman–Crippen LogP) is 2.63. The highest BCUT2D eigenvalue weighted by atomic mass is 19.4. The minimum atomic E-state index is -4.86. The van der Waals surface area contributed by atoms with Gasteiger partial charge in [0.15, 0.2) is 0 Å². The number of furan rings is 1. The third kappa shape index (κ3) is 2.43. The number of hydrogen-bond donors (Lipinski definition) is 1. The van der Waals surface area contributed by atoms with Crippen molar-refractivity contribution in [1.29, 1.82) is 0 Å². The van der Waals surface area contributed by atoms with Crippen molar-refractivity contribution in [2.75, 3.05) is 13.1 Å². The number of aromatic hydroxyl groups is 1. The maximum absolute atomic E-state index is 12.5. The second-order valence-electron chi connectivity index (χ2n) is 4.97. The Morgan fingerprint density at radius 3 is 2.67 bits per heavy atom. The lowest BCUT2D eigenvalue weighted by Crippen LogP contribution is -2.42. The van der Waals surface area contributed by atoms with Gasteiger partial charge in [0.2, 0.25) is 0 Å². The summed E-state index contributed by atoms with van der Waals surface area (Å²) in [7, 11) is 0. The first-order valence-electron chi connectivity index (χ1n) is 6.45. The number of phenolic OH excluding ortho intramolecular Hbond substituents is 1. The van der Waals surface area contributed by atoms with Crippen molar-refractivity contribution in [3.63, 3.8) is 0 Å². The Hall–Kier alpha value is -2.18. The van der Waals surface area contributed by atoms with Gasteiger partial charge >= 0.3 is 12.1 Å². The van der Waals surface area contributed by atoms with E-state index in [0.717, 1.165) is 10.5 Å². The van der Waals surface area contributed by atoms with Crippen molar-refractivity contribution < 1.29 is 27.5 Å². The molecule has 3 rings (SSSR count). The van der Waals surface area contributed by atoms with Gasteiger partial charge in [0.25, 0.3) is 0 Å². The van der Waals surface area contributed by atoms with Crippen LogP contribution in [0.4, 0.5) is 13.2 Å². The molecule has 0 aliphatic carbocycles. The molecule has 0 bridgehead atoms. The van der Waals surface area contributed by atoms with Gasteiger partial charge in [-0.1, -0.05) is 0 Å². The molecule has 0 fully saturated rings. The van der Waals surface area contributed by atoms with Crippen LogP contribution in [0.2, 0.25) is 0 Å². The highest BCUT2D eigenvalue weighted by Gasteiger charge is 2.42. The minimum Gasteiger partial charge on any atom is -0.508 e. The summed E-state index contributed by atoms with van der Waals surface area (Å²) in [6.45, 7) is -0.0488. The lowest BCUT2D eigenvalue weighted by molar-refractivity contribution is -0.185. The van der Waals surface area contributed by atoms with E-state index in [9.17, 15) is 23.1 Å². The molecule has 1 aromatic heterocycles. The number of rotatable bonds is 0. The Balaban J connectivity index is 1.90. The number of carbonyl (C=O) groups excluding carboxylic acids is 1. The van der Waals surface area contributed by atoms with Gasteiger partial charge in [-0.2, -0.15) is 13.2 Å². The van der Waals surface area contributed by atoms with Gasteiger partial charge in [-0.25, -0.2) is 0 Å². The SMILES string of the molecule is O=C(N1CCc2oc3ccc(O)cc3c2CC1)C(F)(F)F. The number of benzene rings is 1. The summed E-state index contributed by atoms with van der Waals surface area (Å²) in [6, 6.07) is 4.64. The van der Waals surface area contributed by atoms with Crippen molar-refractivity contribution in [2.45, 2.75) is 19.0 Å². The third-order valence-electron chi connectivity index (χ3n) is 3.63. The Kier molecular flexibility index (Phi) is 3.07. The van der Waals surface area contributed by atoms with E-state index in [4.69, 9.17) is 4.42 Å². The van der Waals surface area contributed by atoms with E-state index in [2.05, 4.69) is 0 Å². The average molecular weight is 299 g/mol. The number of fused-ring (bicyclic) bond motifs is 3. The molecular weight excluding hydrogens is 287 g/mol. The zero-order chi connectivity index (χ0) is 15.2. The molecule has 1 aliphatic rings. The van der Waals surface area contributed by atoms with Gasteiger partial charge in [0.1, 0.15) is 17.1 Å². The largest absolute Gasteiger partial charge is 0.508 e. The van der Waals surface area contributed by atoms with E-state index in [1.165, 1.54) is 12.1 Å². The van der Waals surface area contributed by atoms with Crippen LogP contribution in [-0.4, -0.2) is 35.2 Å². The van der Waals surface area contributed by atoms with Gasteiger partial charge < -0.3 is 14.4 Å². The summed E-state index contributed by atoms with van der Waals surface area (Å²) >= 11 is 0. The van der Waals surface area contributed by atoms with Crippen molar-refractivity contribution >= 4 is 16.9 Å². The topological polar surface area (TPSA) is 53.7 Å². The van der Waals surface area contributed by atoms with Crippen LogP contribution in [-0.2, 0) is 17.6 Å². The molecule has 7 heteroatoms. The number of phenols is 1. The molecule has 0 atom stereocenters. The fraction of sp³-hybridized carbons (Fsp3) is 0.357. The molecule has 2 aromatic rings. The van der Waals surface area contributed by atoms with Crippen molar-refractivity contribution in [3.8, 4) is 5.75 Å². The van der Waals surface area contributed by atoms with Gasteiger partial charge in [0, 0.05) is 30.5 Å². The fourth-order valence-electron chi connectivity index (χ4n) is 2.64. The molecule has 0 radical (unpaired) electrons. The van der Waals surface area contributed by atoms with Crippen LogP contribution >= 0.6 is 0 Å². The molecule has 1 N–H and O–H groups in total. The summed E-state index contributed by atoms with van der Waals surface area (Å²) in [5.41, 5.74) is 1.35. The Bertz CT molecular complexity index is 705. The summed E-state index contributed by atoms with van der Waals surface area (Å²) in [6.07, 6.45) is -4.36. The number of alkyl halides is 3. The van der Waals surface area contributed by atoms with Crippen LogP contribution in [0.5, 0.6) is 5.75 Å². The average Bonchev–Trinajstić information content (AvgIpc) is 2.62. The van der Waals surface area contributed by atoms with Crippen molar-refractivity contribution in [2.24, 2.45) is 0 Å². The molecule has 112 valence electrons. The van der Waals surface area contributed by atoms with Crippen LogP contribution in [0.15, 0.2) is 22.6 Å². The van der Waals surface area contributed by atoms with E-state index in [0.29, 0.717) is 16.7 Å². The lowest BCUT2D eigenvalue weighted by Gasteiger charge is -2.21. The zero-order valence-corrected chi connectivity index (χ0v) is 10.9. The van der Waals surface area contributed by atoms with Crippen LogP contribution in [0.3, 0.4) is 0 Å². The second-order valence-corrected chi connectivity index (χ2v) is 4.97. The maximum Gasteiger partial charge on any atom is 0.471 e. The van der Waals surface area contributed by atoms with Gasteiger partial charge in [-0.3, -0.25) is 4.79 Å². The quantitative estimate of drug-likeness (QED) is 0.813. The molecule has 0 saturated heterocycles. The van der Waals surface area contributed by atoms with E-state index in [1.807, 2.05) is 0 Å². The number of carbonyl (C=O) groups is 1. The highest BCUT2D eigenvalue weighted by molar-refractivity contribution is 5.85. The minimum absolute atomic E-state index is 0.0182. The molecule has 4 nitrogen and oxygen atoms in total. The molecule has 2 heterocycles. The predicted molar refractivity (Wildman–Crippen MR) is 67.9 cm³/mol. The van der Waals surface area contributed by atoms with E-state index < -0.39 is 12.1 Å². The van der Waals surface area contributed by atoms with Crippen LogP contribution in [0, 0.1) is 0 Å². The summed E-state index contributed by atoms with van der Waals surface area (Å²) in [5, 5.41) is 10.2. The first kappa shape index (κ1) is 13.8. The standard InChI is InChI=1S/C14H12F3NO3/c15-14(16,17)13(20)18-5-3-9-10-7-8(19)1-2-11(10)21-12(9)4-6-18/h1-2,7,19H,3-6H2. The summed E-state index contributed by atoms with van der Waals surface area (Å²) in [5.74, 6) is -1.17. The van der Waals surface area contributed by atoms with Crippen molar-refractivity contribution in [1.82, 2.24) is 4.90 Å². The van der Waals surface area contributed by atoms with Gasteiger partial charge in [-0.15, -0.1) is 0 Å². The lowest BCUT2D eigenvalue weighted by atomic mass is 10.1. The van der Waals surface area contributed by atoms with Crippen LogP contribution in [0.1, 0.15) is 11.3 Å². The fourth-order valence-corrected chi connectivity index (χ4v) is 2.64. The zero-order valence-electron chi connectivity index (χ0n) is 10.9. The molecule has 1 aromatic carbocycles. The second kappa shape index (κ2) is 4.68. The summed E-state index contributed by atoms with van der Waals surface area (Å²) < 4.78 is 43.0.